The number of rotatable bonds is 2. The molecule has 0 aromatic heterocycles. The number of nitriles is 1. The van der Waals surface area contributed by atoms with Gasteiger partial charge in [0.25, 0.3) is 0 Å². The van der Waals surface area contributed by atoms with Crippen LogP contribution in [0.15, 0.2) is 23.8 Å². The zero-order valence-corrected chi connectivity index (χ0v) is 10.0. The van der Waals surface area contributed by atoms with Gasteiger partial charge in [0.1, 0.15) is 0 Å². The van der Waals surface area contributed by atoms with Gasteiger partial charge >= 0.3 is 0 Å². The molecular formula is C13H14ClN. The van der Waals surface area contributed by atoms with Crippen molar-refractivity contribution in [1.82, 2.24) is 0 Å². The highest BCUT2D eigenvalue weighted by atomic mass is 35.5. The third-order valence-electron chi connectivity index (χ3n) is 2.51. The zero-order valence-electron chi connectivity index (χ0n) is 9.26. The fraction of sp³-hybridized carbons (Fsp3) is 0.308. The van der Waals surface area contributed by atoms with Crippen molar-refractivity contribution in [3.8, 4) is 6.07 Å². The molecule has 1 aromatic rings. The van der Waals surface area contributed by atoms with Gasteiger partial charge in [-0.1, -0.05) is 36.7 Å². The molecule has 0 aliphatic carbocycles. The second kappa shape index (κ2) is 5.00. The quantitative estimate of drug-likeness (QED) is 0.685. The number of halogens is 1. The van der Waals surface area contributed by atoms with Gasteiger partial charge in [0.05, 0.1) is 11.1 Å². The number of nitrogens with zero attached hydrogens (tertiary/aromatic N) is 1. The van der Waals surface area contributed by atoms with Crippen LogP contribution in [0.3, 0.4) is 0 Å². The van der Waals surface area contributed by atoms with Gasteiger partial charge in [-0.15, -0.1) is 0 Å². The first-order valence-electron chi connectivity index (χ1n) is 4.96. The monoisotopic (exact) mass is 219 g/mol. The van der Waals surface area contributed by atoms with Gasteiger partial charge in [0, 0.05) is 5.57 Å². The van der Waals surface area contributed by atoms with Crippen molar-refractivity contribution in [2.75, 3.05) is 0 Å². The van der Waals surface area contributed by atoms with Crippen LogP contribution < -0.4 is 0 Å². The Morgan fingerprint density at radius 1 is 1.33 bits per heavy atom. The average molecular weight is 220 g/mol. The summed E-state index contributed by atoms with van der Waals surface area (Å²) in [5.74, 6) is 0. The molecule has 1 aromatic carbocycles. The summed E-state index contributed by atoms with van der Waals surface area (Å²) in [6.45, 7) is 6.03. The molecule has 78 valence electrons. The van der Waals surface area contributed by atoms with E-state index in [0.717, 1.165) is 5.56 Å². The molecule has 0 amide bonds. The molecule has 0 spiro atoms. The van der Waals surface area contributed by atoms with E-state index < -0.39 is 0 Å². The van der Waals surface area contributed by atoms with Gasteiger partial charge in [-0.3, -0.25) is 0 Å². The Morgan fingerprint density at radius 3 is 2.47 bits per heavy atom. The van der Waals surface area contributed by atoms with Crippen LogP contribution in [0.5, 0.6) is 0 Å². The van der Waals surface area contributed by atoms with E-state index in [1.54, 1.807) is 0 Å². The van der Waals surface area contributed by atoms with Gasteiger partial charge in [0.2, 0.25) is 0 Å². The number of benzene rings is 1. The smallest absolute Gasteiger partial charge is 0.0962 e. The largest absolute Gasteiger partial charge is 0.193 e. The van der Waals surface area contributed by atoms with Gasteiger partial charge in [-0.2, -0.15) is 5.26 Å². The summed E-state index contributed by atoms with van der Waals surface area (Å²) in [6, 6.07) is 8.13. The highest BCUT2D eigenvalue weighted by Gasteiger charge is 2.05. The van der Waals surface area contributed by atoms with Gasteiger partial charge < -0.3 is 0 Å². The van der Waals surface area contributed by atoms with Crippen LogP contribution in [0.1, 0.15) is 30.0 Å². The summed E-state index contributed by atoms with van der Waals surface area (Å²) in [7, 11) is 0. The Hall–Kier alpha value is -1.26. The van der Waals surface area contributed by atoms with Crippen molar-refractivity contribution < 1.29 is 0 Å². The van der Waals surface area contributed by atoms with Gasteiger partial charge in [0.15, 0.2) is 0 Å². The van der Waals surface area contributed by atoms with Crippen LogP contribution in [-0.4, -0.2) is 0 Å². The first-order valence-corrected chi connectivity index (χ1v) is 5.34. The topological polar surface area (TPSA) is 23.8 Å². The van der Waals surface area contributed by atoms with Crippen LogP contribution in [0, 0.1) is 25.2 Å². The highest BCUT2D eigenvalue weighted by molar-refractivity contribution is 6.49. The van der Waals surface area contributed by atoms with Crippen molar-refractivity contribution in [2.45, 2.75) is 27.2 Å². The third kappa shape index (κ3) is 2.61. The molecule has 0 unspecified atom stereocenters. The second-order valence-electron chi connectivity index (χ2n) is 3.56. The molecule has 0 saturated carbocycles. The molecule has 2 heteroatoms. The number of hydrogen-bond donors (Lipinski definition) is 0. The first-order chi connectivity index (χ1) is 7.10. The molecule has 0 saturated heterocycles. The van der Waals surface area contributed by atoms with E-state index in [1.165, 1.54) is 11.1 Å². The molecule has 1 nitrogen and oxygen atoms in total. The highest BCUT2D eigenvalue weighted by Crippen LogP contribution is 2.26. The van der Waals surface area contributed by atoms with E-state index in [0.29, 0.717) is 17.0 Å². The Labute approximate surface area is 96.0 Å². The lowest BCUT2D eigenvalue weighted by atomic mass is 10.0. The first kappa shape index (κ1) is 11.8. The fourth-order valence-electron chi connectivity index (χ4n) is 1.34. The minimum absolute atomic E-state index is 0.572. The second-order valence-corrected chi connectivity index (χ2v) is 3.93. The maximum absolute atomic E-state index is 8.89. The van der Waals surface area contributed by atoms with Crippen LogP contribution in [-0.2, 0) is 0 Å². The average Bonchev–Trinajstić information content (AvgIpc) is 2.23. The Balaban J connectivity index is 3.24. The lowest BCUT2D eigenvalue weighted by Gasteiger charge is -2.05. The van der Waals surface area contributed by atoms with Crippen LogP contribution in [0.4, 0.5) is 0 Å². The lowest BCUT2D eigenvalue weighted by molar-refractivity contribution is 1.16. The van der Waals surface area contributed by atoms with E-state index in [4.69, 9.17) is 16.9 Å². The molecule has 0 aliphatic rings. The molecule has 0 bridgehead atoms. The maximum Gasteiger partial charge on any atom is 0.0962 e. The molecule has 1 rings (SSSR count). The van der Waals surface area contributed by atoms with E-state index in [1.807, 2.05) is 32.0 Å². The van der Waals surface area contributed by atoms with Gasteiger partial charge in [-0.05, 0) is 37.0 Å². The van der Waals surface area contributed by atoms with Crippen LogP contribution in [0.2, 0.25) is 0 Å². The normalized spacial score (nSPS) is 11.9. The fourth-order valence-corrected chi connectivity index (χ4v) is 1.63. The number of aryl methyl sites for hydroxylation is 2. The van der Waals surface area contributed by atoms with Crippen molar-refractivity contribution >= 4 is 16.6 Å². The summed E-state index contributed by atoms with van der Waals surface area (Å²) in [4.78, 5) is 0. The van der Waals surface area contributed by atoms with Crippen LogP contribution >= 0.6 is 11.6 Å². The van der Waals surface area contributed by atoms with Crippen molar-refractivity contribution in [3.05, 3.63) is 40.5 Å². The maximum atomic E-state index is 8.89. The van der Waals surface area contributed by atoms with E-state index >= 15 is 0 Å². The molecule has 15 heavy (non-hydrogen) atoms. The molecule has 0 aliphatic heterocycles. The molecule has 0 heterocycles. The number of allylic oxidation sites excluding steroid dienone is 1. The number of hydrogen-bond acceptors (Lipinski definition) is 1. The Kier molecular flexibility index (Phi) is 3.94. The summed E-state index contributed by atoms with van der Waals surface area (Å²) in [5.41, 5.74) is 4.00. The summed E-state index contributed by atoms with van der Waals surface area (Å²) < 4.78 is 0. The zero-order chi connectivity index (χ0) is 11.4. The van der Waals surface area contributed by atoms with Crippen molar-refractivity contribution in [2.24, 2.45) is 0 Å². The SMILES string of the molecule is CC/C(C#N)=C(/Cl)c1ccc(C)c(C)c1. The molecule has 0 fully saturated rings. The molecular weight excluding hydrogens is 206 g/mol. The predicted molar refractivity (Wildman–Crippen MR) is 64.6 cm³/mol. The molecule has 0 atom stereocenters. The van der Waals surface area contributed by atoms with Gasteiger partial charge in [-0.25, -0.2) is 0 Å². The van der Waals surface area contributed by atoms with Crippen molar-refractivity contribution in [1.29, 1.82) is 5.26 Å². The summed E-state index contributed by atoms with van der Waals surface area (Å²) in [6.07, 6.45) is 0.669. The minimum atomic E-state index is 0.572. The lowest BCUT2D eigenvalue weighted by Crippen LogP contribution is -1.87. The minimum Gasteiger partial charge on any atom is -0.193 e. The Bertz CT molecular complexity index is 438. The molecule has 0 radical (unpaired) electrons. The van der Waals surface area contributed by atoms with E-state index in [2.05, 4.69) is 13.0 Å². The summed E-state index contributed by atoms with van der Waals surface area (Å²) >= 11 is 6.15. The standard InChI is InChI=1S/C13H14ClN/c1-4-11(8-15)13(14)12-6-5-9(2)10(3)7-12/h5-7H,4H2,1-3H3/b13-11-. The van der Waals surface area contributed by atoms with E-state index in [9.17, 15) is 0 Å². The van der Waals surface area contributed by atoms with Crippen molar-refractivity contribution in [3.63, 3.8) is 0 Å². The predicted octanol–water partition coefficient (Wildman–Crippen LogP) is 4.19. The van der Waals surface area contributed by atoms with E-state index in [-0.39, 0.29) is 0 Å². The third-order valence-corrected chi connectivity index (χ3v) is 2.96. The summed E-state index contributed by atoms with van der Waals surface area (Å²) in [5, 5.41) is 9.46. The van der Waals surface area contributed by atoms with Crippen LogP contribution in [0.25, 0.3) is 5.03 Å². The molecule has 0 N–H and O–H groups in total. The Morgan fingerprint density at radius 2 is 2.00 bits per heavy atom.